The summed E-state index contributed by atoms with van der Waals surface area (Å²) in [5, 5.41) is 5.98. The Balaban J connectivity index is 1.97. The van der Waals surface area contributed by atoms with Crippen LogP contribution >= 0.6 is 0 Å². The number of amides is 1. The third-order valence-electron chi connectivity index (χ3n) is 2.23. The van der Waals surface area contributed by atoms with E-state index < -0.39 is 15.7 Å². The van der Waals surface area contributed by atoms with Crippen LogP contribution in [0.25, 0.3) is 0 Å². The predicted molar refractivity (Wildman–Crippen MR) is 51.0 cm³/mol. The molecule has 0 aliphatic carbocycles. The zero-order chi connectivity index (χ0) is 10.9. The molecule has 15 heavy (non-hydrogen) atoms. The second-order valence-corrected chi connectivity index (χ2v) is 5.68. The minimum Gasteiger partial charge on any atom is -0.351 e. The van der Waals surface area contributed by atoms with Crippen molar-refractivity contribution < 1.29 is 17.7 Å². The van der Waals surface area contributed by atoms with Crippen LogP contribution in [-0.4, -0.2) is 37.0 Å². The molecule has 1 aliphatic heterocycles. The van der Waals surface area contributed by atoms with Crippen LogP contribution in [0.15, 0.2) is 16.8 Å². The van der Waals surface area contributed by atoms with Crippen LogP contribution in [-0.2, 0) is 9.84 Å². The van der Waals surface area contributed by atoms with Crippen molar-refractivity contribution in [3.63, 3.8) is 0 Å². The molecule has 1 saturated heterocycles. The number of carbonyl (C=O) groups is 1. The van der Waals surface area contributed by atoms with E-state index in [0.29, 0.717) is 6.42 Å². The molecular formula is C8H10N2O4S. The Bertz CT molecular complexity index is 451. The standard InChI is InChI=1S/C8H10N2O4S/c11-8(7-1-3-9-14-7)10-6-2-4-15(12,13)5-6/h1,3,6H,2,4-5H2,(H,10,11). The fourth-order valence-corrected chi connectivity index (χ4v) is 3.17. The minimum absolute atomic E-state index is 0.00682. The molecule has 1 N–H and O–H groups in total. The van der Waals surface area contributed by atoms with Gasteiger partial charge in [0.05, 0.1) is 17.7 Å². The normalized spacial score (nSPS) is 23.9. The lowest BCUT2D eigenvalue weighted by molar-refractivity contribution is 0.0904. The molecule has 0 spiro atoms. The van der Waals surface area contributed by atoms with Crippen molar-refractivity contribution in [3.05, 3.63) is 18.0 Å². The van der Waals surface area contributed by atoms with E-state index in [4.69, 9.17) is 0 Å². The Morgan fingerprint density at radius 3 is 2.93 bits per heavy atom. The number of hydrogen-bond donors (Lipinski definition) is 1. The SMILES string of the molecule is O=C(NC1CCS(=O)(=O)C1)c1ccno1. The van der Waals surface area contributed by atoms with Gasteiger partial charge in [-0.2, -0.15) is 0 Å². The van der Waals surface area contributed by atoms with Crippen LogP contribution in [0.2, 0.25) is 0 Å². The molecule has 7 heteroatoms. The van der Waals surface area contributed by atoms with Crippen molar-refractivity contribution in [3.8, 4) is 0 Å². The maximum absolute atomic E-state index is 11.4. The Morgan fingerprint density at radius 2 is 2.40 bits per heavy atom. The molecule has 1 atom stereocenters. The highest BCUT2D eigenvalue weighted by atomic mass is 32.2. The maximum atomic E-state index is 11.4. The van der Waals surface area contributed by atoms with E-state index in [1.54, 1.807) is 0 Å². The Hall–Kier alpha value is -1.37. The van der Waals surface area contributed by atoms with Gasteiger partial charge in [-0.25, -0.2) is 8.42 Å². The number of nitrogens with zero attached hydrogens (tertiary/aromatic N) is 1. The number of hydrogen-bond acceptors (Lipinski definition) is 5. The summed E-state index contributed by atoms with van der Waals surface area (Å²) >= 11 is 0. The molecule has 2 rings (SSSR count). The van der Waals surface area contributed by atoms with Gasteiger partial charge in [-0.3, -0.25) is 4.79 Å². The molecule has 1 amide bonds. The Kier molecular flexibility index (Phi) is 2.47. The van der Waals surface area contributed by atoms with Crippen molar-refractivity contribution in [2.75, 3.05) is 11.5 Å². The number of nitrogens with one attached hydrogen (secondary N) is 1. The molecule has 1 fully saturated rings. The third kappa shape index (κ3) is 2.35. The van der Waals surface area contributed by atoms with Gasteiger partial charge in [0.1, 0.15) is 0 Å². The average Bonchev–Trinajstić information content (AvgIpc) is 2.74. The van der Waals surface area contributed by atoms with E-state index in [1.807, 2.05) is 0 Å². The van der Waals surface area contributed by atoms with E-state index in [1.165, 1.54) is 12.3 Å². The number of carbonyl (C=O) groups excluding carboxylic acids is 1. The molecule has 1 aromatic rings. The summed E-state index contributed by atoms with van der Waals surface area (Å²) in [7, 11) is -2.97. The molecule has 2 heterocycles. The van der Waals surface area contributed by atoms with Gasteiger partial charge in [0.2, 0.25) is 5.76 Å². The first-order valence-corrected chi connectivity index (χ1v) is 6.31. The second kappa shape index (κ2) is 3.65. The van der Waals surface area contributed by atoms with Crippen molar-refractivity contribution in [1.29, 1.82) is 0 Å². The summed E-state index contributed by atoms with van der Waals surface area (Å²) in [4.78, 5) is 11.4. The van der Waals surface area contributed by atoms with Gasteiger partial charge in [-0.05, 0) is 6.42 Å². The zero-order valence-electron chi connectivity index (χ0n) is 7.84. The van der Waals surface area contributed by atoms with E-state index >= 15 is 0 Å². The minimum atomic E-state index is -2.97. The molecule has 1 aliphatic rings. The van der Waals surface area contributed by atoms with Gasteiger partial charge in [0.25, 0.3) is 5.91 Å². The summed E-state index contributed by atoms with van der Waals surface area (Å²) in [6.07, 6.45) is 1.82. The molecule has 0 bridgehead atoms. The molecule has 6 nitrogen and oxygen atoms in total. The fraction of sp³-hybridized carbons (Fsp3) is 0.500. The largest absolute Gasteiger partial charge is 0.351 e. The van der Waals surface area contributed by atoms with Crippen LogP contribution < -0.4 is 5.32 Å². The molecule has 1 aromatic heterocycles. The number of aromatic nitrogens is 1. The summed E-state index contributed by atoms with van der Waals surface area (Å²) in [5.74, 6) is -0.185. The summed E-state index contributed by atoms with van der Waals surface area (Å²) in [5.41, 5.74) is 0. The molecule has 1 unspecified atom stereocenters. The van der Waals surface area contributed by atoms with E-state index in [9.17, 15) is 13.2 Å². The summed E-state index contributed by atoms with van der Waals surface area (Å²) < 4.78 is 26.9. The lowest BCUT2D eigenvalue weighted by Gasteiger charge is -2.07. The van der Waals surface area contributed by atoms with Gasteiger partial charge in [0, 0.05) is 12.1 Å². The van der Waals surface area contributed by atoms with Gasteiger partial charge >= 0.3 is 0 Å². The van der Waals surface area contributed by atoms with Crippen molar-refractivity contribution >= 4 is 15.7 Å². The van der Waals surface area contributed by atoms with Crippen LogP contribution in [0.5, 0.6) is 0 Å². The van der Waals surface area contributed by atoms with Gasteiger partial charge in [-0.1, -0.05) is 5.16 Å². The highest BCUT2D eigenvalue weighted by molar-refractivity contribution is 7.91. The first-order chi connectivity index (χ1) is 7.07. The molecule has 0 aromatic carbocycles. The van der Waals surface area contributed by atoms with Crippen LogP contribution in [0.3, 0.4) is 0 Å². The molecule has 82 valence electrons. The van der Waals surface area contributed by atoms with Crippen molar-refractivity contribution in [1.82, 2.24) is 10.5 Å². The highest BCUT2D eigenvalue weighted by Crippen LogP contribution is 2.11. The Labute approximate surface area is 86.6 Å². The van der Waals surface area contributed by atoms with Crippen LogP contribution in [0.1, 0.15) is 17.0 Å². The fourth-order valence-electron chi connectivity index (χ4n) is 1.50. The van der Waals surface area contributed by atoms with Gasteiger partial charge < -0.3 is 9.84 Å². The third-order valence-corrected chi connectivity index (χ3v) is 4.00. The predicted octanol–water partition coefficient (Wildman–Crippen LogP) is -0.409. The topological polar surface area (TPSA) is 89.3 Å². The Morgan fingerprint density at radius 1 is 1.60 bits per heavy atom. The van der Waals surface area contributed by atoms with Crippen LogP contribution in [0.4, 0.5) is 0 Å². The van der Waals surface area contributed by atoms with E-state index in [-0.39, 0.29) is 23.3 Å². The number of rotatable bonds is 2. The second-order valence-electron chi connectivity index (χ2n) is 3.45. The summed E-state index contributed by atoms with van der Waals surface area (Å²) in [6.45, 7) is 0. The smallest absolute Gasteiger partial charge is 0.290 e. The average molecular weight is 230 g/mol. The quantitative estimate of drug-likeness (QED) is 0.746. The summed E-state index contributed by atoms with van der Waals surface area (Å²) in [6, 6.07) is 1.12. The lowest BCUT2D eigenvalue weighted by Crippen LogP contribution is -2.35. The lowest BCUT2D eigenvalue weighted by atomic mass is 10.2. The zero-order valence-corrected chi connectivity index (χ0v) is 8.66. The molecule has 0 saturated carbocycles. The molecular weight excluding hydrogens is 220 g/mol. The first-order valence-electron chi connectivity index (χ1n) is 4.49. The van der Waals surface area contributed by atoms with E-state index in [2.05, 4.69) is 15.0 Å². The molecule has 0 radical (unpaired) electrons. The van der Waals surface area contributed by atoms with Crippen LogP contribution in [0, 0.1) is 0 Å². The van der Waals surface area contributed by atoms with Gasteiger partial charge in [0.15, 0.2) is 9.84 Å². The van der Waals surface area contributed by atoms with Gasteiger partial charge in [-0.15, -0.1) is 0 Å². The maximum Gasteiger partial charge on any atom is 0.290 e. The monoisotopic (exact) mass is 230 g/mol. The number of sulfone groups is 1. The van der Waals surface area contributed by atoms with Crippen molar-refractivity contribution in [2.24, 2.45) is 0 Å². The van der Waals surface area contributed by atoms with E-state index in [0.717, 1.165) is 0 Å². The van der Waals surface area contributed by atoms with Crippen molar-refractivity contribution in [2.45, 2.75) is 12.5 Å². The first kappa shape index (κ1) is 10.2. The highest BCUT2D eigenvalue weighted by Gasteiger charge is 2.29.